The highest BCUT2D eigenvalue weighted by atomic mass is 16.6. The van der Waals surface area contributed by atoms with E-state index in [9.17, 15) is 0 Å². The third-order valence-electron chi connectivity index (χ3n) is 10.8. The summed E-state index contributed by atoms with van der Waals surface area (Å²) in [5.74, 6) is 1.35. The number of rotatable bonds is 0. The van der Waals surface area contributed by atoms with Gasteiger partial charge in [0.25, 0.3) is 0 Å². The van der Waals surface area contributed by atoms with E-state index >= 15 is 9.59 Å². The fraction of sp³-hybridized carbons (Fsp3) is 0.350. The van der Waals surface area contributed by atoms with Gasteiger partial charge < -0.3 is 23.7 Å². The van der Waals surface area contributed by atoms with Crippen LogP contribution in [0, 0.1) is 0 Å². The van der Waals surface area contributed by atoms with Crippen molar-refractivity contribution in [2.45, 2.75) is 37.5 Å². The number of benzene rings is 4. The summed E-state index contributed by atoms with van der Waals surface area (Å²) in [5.41, 5.74) is 3.25. The number of urea groups is 2. The number of carbonyl (C=O) groups excluding carboxylic acids is 2. The average molecular weight is 689 g/mol. The lowest BCUT2D eigenvalue weighted by molar-refractivity contribution is -0.0793. The molecule has 51 heavy (non-hydrogen) atoms. The lowest BCUT2D eigenvalue weighted by Gasteiger charge is -2.49. The molecule has 0 aromatic heterocycles. The van der Waals surface area contributed by atoms with Gasteiger partial charge in [-0.3, -0.25) is 19.6 Å². The zero-order valence-corrected chi connectivity index (χ0v) is 28.4. The van der Waals surface area contributed by atoms with E-state index in [-0.39, 0.29) is 12.1 Å². The van der Waals surface area contributed by atoms with Gasteiger partial charge in [0.05, 0.1) is 65.8 Å². The van der Waals surface area contributed by atoms with Crippen molar-refractivity contribution in [3.05, 3.63) is 130 Å². The molecule has 11 rings (SSSR count). The number of hydrogen-bond acceptors (Lipinski definition) is 7. The smallest absolute Gasteiger partial charge is 0.325 e. The minimum Gasteiger partial charge on any atom is -0.491 e. The van der Waals surface area contributed by atoms with Crippen LogP contribution in [0.5, 0.6) is 11.5 Å². The molecule has 4 aromatic carbocycles. The molecule has 7 aliphatic heterocycles. The predicted octanol–water partition coefficient (Wildman–Crippen LogP) is 5.42. The van der Waals surface area contributed by atoms with E-state index in [2.05, 4.69) is 24.3 Å². The maximum absolute atomic E-state index is 15.3. The lowest BCUT2D eigenvalue weighted by atomic mass is 9.79. The van der Waals surface area contributed by atoms with E-state index in [4.69, 9.17) is 23.7 Å². The topological polar surface area (TPSA) is 93.3 Å². The van der Waals surface area contributed by atoms with Gasteiger partial charge in [-0.15, -0.1) is 0 Å². The fourth-order valence-corrected chi connectivity index (χ4v) is 8.60. The van der Waals surface area contributed by atoms with Gasteiger partial charge in [0.2, 0.25) is 0 Å². The first-order chi connectivity index (χ1) is 25.1. The van der Waals surface area contributed by atoms with E-state index in [1.165, 1.54) is 0 Å². The Morgan fingerprint density at radius 1 is 0.392 bits per heavy atom. The Hall–Kier alpha value is -5.10. The molecule has 0 atom stereocenters. The Kier molecular flexibility index (Phi) is 8.06. The highest BCUT2D eigenvalue weighted by Crippen LogP contribution is 2.65. The maximum Gasteiger partial charge on any atom is 0.325 e. The zero-order chi connectivity index (χ0) is 34.4. The summed E-state index contributed by atoms with van der Waals surface area (Å²) in [6, 6.07) is 31.8. The van der Waals surface area contributed by atoms with Crippen LogP contribution < -0.4 is 9.47 Å². The minimum absolute atomic E-state index is 0.133. The van der Waals surface area contributed by atoms with Crippen LogP contribution in [0.2, 0.25) is 0 Å². The van der Waals surface area contributed by atoms with Crippen molar-refractivity contribution in [1.82, 2.24) is 19.6 Å². The van der Waals surface area contributed by atoms with Gasteiger partial charge in [0, 0.05) is 11.1 Å². The standard InChI is InChI=1S/C40H40N4O7/c45-37-41-25-29-5-1-2-6-30(29)26-42-38(46)44-28-32-8-4-3-7-31(32)27-43(37)40(44)34-11-15-36(16-12-34)51-24-22-49-20-18-47-17-19-48-21-23-50-35-13-9-33(10-14-35)39(40,41)42/h1-16H,17-28H2. The van der Waals surface area contributed by atoms with Crippen LogP contribution >= 0.6 is 0 Å². The maximum atomic E-state index is 15.3. The summed E-state index contributed by atoms with van der Waals surface area (Å²) in [6.07, 6.45) is 0. The van der Waals surface area contributed by atoms with Gasteiger partial charge in [-0.2, -0.15) is 0 Å². The number of nitrogens with zero attached hydrogens (tertiary/aromatic N) is 4. The molecule has 0 N–H and O–H groups in total. The molecule has 0 radical (unpaired) electrons. The van der Waals surface area contributed by atoms with Crippen molar-refractivity contribution in [2.24, 2.45) is 0 Å². The largest absolute Gasteiger partial charge is 0.491 e. The van der Waals surface area contributed by atoms with E-state index < -0.39 is 11.3 Å². The van der Waals surface area contributed by atoms with Crippen molar-refractivity contribution in [3.8, 4) is 11.5 Å². The SMILES string of the molecule is O=C1N2Cc3ccccc3CN3C(=O)N4Cc5ccccc5CN1C41c4ccc(cc4)OCCOCCOCCOCCOc4ccc(cc4)C231. The van der Waals surface area contributed by atoms with Crippen LogP contribution in [0.25, 0.3) is 0 Å². The molecule has 4 bridgehead atoms. The Labute approximate surface area is 296 Å². The molecule has 7 heterocycles. The van der Waals surface area contributed by atoms with Gasteiger partial charge in [-0.25, -0.2) is 9.59 Å². The van der Waals surface area contributed by atoms with Gasteiger partial charge in [-0.1, -0.05) is 72.8 Å². The number of carbonyl (C=O) groups is 2. The third-order valence-corrected chi connectivity index (χ3v) is 10.8. The van der Waals surface area contributed by atoms with Crippen molar-refractivity contribution in [1.29, 1.82) is 0 Å². The second kappa shape index (κ2) is 12.9. The summed E-state index contributed by atoms with van der Waals surface area (Å²) in [7, 11) is 0. The molecular weight excluding hydrogens is 648 g/mol. The second-order valence-corrected chi connectivity index (χ2v) is 13.4. The molecule has 262 valence electrons. The second-order valence-electron chi connectivity index (χ2n) is 13.4. The molecule has 2 spiro atoms. The molecule has 0 aliphatic carbocycles. The molecule has 2 saturated heterocycles. The summed E-state index contributed by atoms with van der Waals surface area (Å²) in [6.45, 7) is 4.78. The average Bonchev–Trinajstić information content (AvgIpc) is 3.32. The van der Waals surface area contributed by atoms with Gasteiger partial charge >= 0.3 is 12.1 Å². The van der Waals surface area contributed by atoms with E-state index in [0.717, 1.165) is 33.4 Å². The molecule has 11 heteroatoms. The number of hydrogen-bond donors (Lipinski definition) is 0. The van der Waals surface area contributed by atoms with Crippen LogP contribution in [-0.2, 0) is 51.7 Å². The Bertz CT molecular complexity index is 1720. The van der Waals surface area contributed by atoms with Crippen LogP contribution in [0.1, 0.15) is 33.4 Å². The molecule has 7 aliphatic rings. The summed E-state index contributed by atoms with van der Waals surface area (Å²) < 4.78 is 29.2. The normalized spacial score (nSPS) is 24.9. The first kappa shape index (κ1) is 31.9. The zero-order valence-electron chi connectivity index (χ0n) is 28.4. The Morgan fingerprint density at radius 3 is 1.00 bits per heavy atom. The van der Waals surface area contributed by atoms with Crippen LogP contribution in [0.4, 0.5) is 9.59 Å². The fourth-order valence-electron chi connectivity index (χ4n) is 8.60. The van der Waals surface area contributed by atoms with Gasteiger partial charge in [0.15, 0.2) is 11.3 Å². The van der Waals surface area contributed by atoms with E-state index in [0.29, 0.717) is 90.5 Å². The molecule has 2 fully saturated rings. The van der Waals surface area contributed by atoms with E-state index in [1.54, 1.807) is 0 Å². The molecule has 4 amide bonds. The monoisotopic (exact) mass is 688 g/mol. The van der Waals surface area contributed by atoms with Crippen LogP contribution in [0.3, 0.4) is 0 Å². The molecular formula is C40H40N4O7. The van der Waals surface area contributed by atoms with Crippen molar-refractivity contribution in [2.75, 3.05) is 52.9 Å². The van der Waals surface area contributed by atoms with Gasteiger partial charge in [0.1, 0.15) is 24.7 Å². The quantitative estimate of drug-likeness (QED) is 0.244. The first-order valence-corrected chi connectivity index (χ1v) is 17.6. The Morgan fingerprint density at radius 2 is 0.686 bits per heavy atom. The third kappa shape index (κ3) is 4.90. The highest BCUT2D eigenvalue weighted by Gasteiger charge is 2.80. The molecule has 11 nitrogen and oxygen atoms in total. The summed E-state index contributed by atoms with van der Waals surface area (Å²) in [4.78, 5) is 38.3. The number of fused-ring (bicyclic) bond motifs is 4. The summed E-state index contributed by atoms with van der Waals surface area (Å²) in [5, 5.41) is 0. The Balaban J connectivity index is 1.25. The summed E-state index contributed by atoms with van der Waals surface area (Å²) >= 11 is 0. The minimum atomic E-state index is -1.24. The lowest BCUT2D eigenvalue weighted by Crippen LogP contribution is -2.62. The van der Waals surface area contributed by atoms with E-state index in [1.807, 2.05) is 92.4 Å². The van der Waals surface area contributed by atoms with Crippen molar-refractivity contribution in [3.63, 3.8) is 0 Å². The highest BCUT2D eigenvalue weighted by molar-refractivity contribution is 5.90. The first-order valence-electron chi connectivity index (χ1n) is 17.6. The number of amides is 4. The molecule has 0 saturated carbocycles. The molecule has 0 unspecified atom stereocenters. The van der Waals surface area contributed by atoms with Crippen molar-refractivity contribution >= 4 is 12.1 Å². The number of ether oxygens (including phenoxy) is 5. The van der Waals surface area contributed by atoms with Gasteiger partial charge in [-0.05, 0) is 46.5 Å². The van der Waals surface area contributed by atoms with Crippen LogP contribution in [-0.4, -0.2) is 84.5 Å². The van der Waals surface area contributed by atoms with Crippen LogP contribution in [0.15, 0.2) is 97.1 Å². The molecule has 4 aromatic rings. The van der Waals surface area contributed by atoms with Crippen molar-refractivity contribution < 1.29 is 33.3 Å². The predicted molar refractivity (Wildman–Crippen MR) is 186 cm³/mol.